The number of carbonyl (C=O) groups excluding carboxylic acids is 2. The molecule has 0 radical (unpaired) electrons. The van der Waals surface area contributed by atoms with E-state index in [-0.39, 0.29) is 12.3 Å². The summed E-state index contributed by atoms with van der Waals surface area (Å²) in [5, 5.41) is 11.5. The zero-order chi connectivity index (χ0) is 18.0. The Balaban J connectivity index is 1.62. The van der Waals surface area contributed by atoms with Crippen LogP contribution in [0.3, 0.4) is 0 Å². The number of amides is 2. The highest BCUT2D eigenvalue weighted by Crippen LogP contribution is 2.40. The number of ether oxygens (including phenoxy) is 1. The molecule has 0 aromatic heterocycles. The van der Waals surface area contributed by atoms with E-state index in [1.165, 1.54) is 22.7 Å². The SMILES string of the molecule is C=CC1=C(C(=O)O)N2C(=O)[C@@H](NC(=O)COc3ccccc3)[C@@H]2SC1. The Bertz CT molecular complexity index is 762. The Morgan fingerprint density at radius 2 is 2.12 bits per heavy atom. The molecule has 0 unspecified atom stereocenters. The predicted octanol–water partition coefficient (Wildman–Crippen LogP) is 0.990. The number of para-hydroxylation sites is 1. The van der Waals surface area contributed by atoms with Crippen LogP contribution in [0, 0.1) is 0 Å². The third-order valence-electron chi connectivity index (χ3n) is 3.88. The molecule has 2 heterocycles. The van der Waals surface area contributed by atoms with E-state index in [9.17, 15) is 19.5 Å². The van der Waals surface area contributed by atoms with E-state index in [0.717, 1.165) is 0 Å². The van der Waals surface area contributed by atoms with Crippen molar-refractivity contribution in [3.05, 3.63) is 54.3 Å². The average Bonchev–Trinajstić information content (AvgIpc) is 2.63. The van der Waals surface area contributed by atoms with Gasteiger partial charge in [-0.2, -0.15) is 0 Å². The molecule has 2 N–H and O–H groups in total. The van der Waals surface area contributed by atoms with Crippen LogP contribution >= 0.6 is 11.8 Å². The van der Waals surface area contributed by atoms with Crippen molar-refractivity contribution in [2.45, 2.75) is 11.4 Å². The molecule has 0 bridgehead atoms. The van der Waals surface area contributed by atoms with E-state index in [4.69, 9.17) is 4.74 Å². The van der Waals surface area contributed by atoms with E-state index >= 15 is 0 Å². The smallest absolute Gasteiger partial charge is 0.352 e. The van der Waals surface area contributed by atoms with Crippen LogP contribution in [0.1, 0.15) is 0 Å². The van der Waals surface area contributed by atoms with Gasteiger partial charge in [0.05, 0.1) is 0 Å². The number of hydrogen-bond acceptors (Lipinski definition) is 5. The quantitative estimate of drug-likeness (QED) is 0.735. The fourth-order valence-electron chi connectivity index (χ4n) is 2.68. The number of aliphatic carboxylic acids is 1. The molecule has 1 aromatic carbocycles. The van der Waals surface area contributed by atoms with Gasteiger partial charge in [0.25, 0.3) is 11.8 Å². The van der Waals surface area contributed by atoms with E-state index in [0.29, 0.717) is 17.1 Å². The van der Waals surface area contributed by atoms with Gasteiger partial charge in [0, 0.05) is 5.75 Å². The first-order valence-electron chi connectivity index (χ1n) is 7.53. The van der Waals surface area contributed by atoms with Gasteiger partial charge in [-0.1, -0.05) is 30.9 Å². The summed E-state index contributed by atoms with van der Waals surface area (Å²) in [6, 6.07) is 8.10. The number of carboxylic acids is 1. The maximum Gasteiger partial charge on any atom is 0.352 e. The largest absolute Gasteiger partial charge is 0.484 e. The van der Waals surface area contributed by atoms with Crippen LogP contribution < -0.4 is 10.1 Å². The molecule has 2 amide bonds. The van der Waals surface area contributed by atoms with Crippen LogP contribution in [0.25, 0.3) is 0 Å². The number of nitrogens with zero attached hydrogens (tertiary/aromatic N) is 1. The molecule has 1 aromatic rings. The number of β-lactam (4-membered cyclic amide) rings is 1. The Kier molecular flexibility index (Phi) is 4.80. The van der Waals surface area contributed by atoms with Crippen LogP contribution in [0.2, 0.25) is 0 Å². The molecule has 130 valence electrons. The third kappa shape index (κ3) is 3.25. The molecule has 2 atom stereocenters. The Morgan fingerprint density at radius 3 is 2.76 bits per heavy atom. The first-order valence-corrected chi connectivity index (χ1v) is 8.58. The predicted molar refractivity (Wildman–Crippen MR) is 91.8 cm³/mol. The van der Waals surface area contributed by atoms with Gasteiger partial charge in [-0.25, -0.2) is 4.79 Å². The highest BCUT2D eigenvalue weighted by atomic mass is 32.2. The molecular formula is C17H16N2O5S. The van der Waals surface area contributed by atoms with Crippen molar-refractivity contribution in [3.63, 3.8) is 0 Å². The number of carbonyl (C=O) groups is 3. The highest BCUT2D eigenvalue weighted by molar-refractivity contribution is 8.00. The second-order valence-corrected chi connectivity index (χ2v) is 6.54. The second kappa shape index (κ2) is 7.02. The number of carboxylic acid groups (broad SMARTS) is 1. The Hall–Kier alpha value is -2.74. The van der Waals surface area contributed by atoms with Crippen LogP contribution in [0.5, 0.6) is 5.75 Å². The van der Waals surface area contributed by atoms with E-state index in [2.05, 4.69) is 11.9 Å². The fraction of sp³-hybridized carbons (Fsp3) is 0.235. The van der Waals surface area contributed by atoms with Crippen molar-refractivity contribution in [2.24, 2.45) is 0 Å². The van der Waals surface area contributed by atoms with Gasteiger partial charge in [-0.3, -0.25) is 14.5 Å². The number of nitrogens with one attached hydrogen (secondary N) is 1. The van der Waals surface area contributed by atoms with Crippen molar-refractivity contribution < 1.29 is 24.2 Å². The minimum absolute atomic E-state index is 0.0604. The zero-order valence-electron chi connectivity index (χ0n) is 13.2. The maximum absolute atomic E-state index is 12.3. The van der Waals surface area contributed by atoms with E-state index < -0.39 is 29.2 Å². The lowest BCUT2D eigenvalue weighted by Gasteiger charge is -2.49. The normalized spacial score (nSPS) is 21.9. The number of hydrogen-bond donors (Lipinski definition) is 2. The summed E-state index contributed by atoms with van der Waals surface area (Å²) in [5.74, 6) is -1.07. The minimum Gasteiger partial charge on any atom is -0.484 e. The lowest BCUT2D eigenvalue weighted by atomic mass is 10.0. The van der Waals surface area contributed by atoms with Gasteiger partial charge in [-0.15, -0.1) is 11.8 Å². The summed E-state index contributed by atoms with van der Waals surface area (Å²) < 4.78 is 5.34. The van der Waals surface area contributed by atoms with Crippen LogP contribution in [0.15, 0.2) is 54.3 Å². The summed E-state index contributed by atoms with van der Waals surface area (Å²) in [7, 11) is 0. The number of benzene rings is 1. The van der Waals surface area contributed by atoms with Gasteiger partial charge in [0.15, 0.2) is 6.61 Å². The van der Waals surface area contributed by atoms with Gasteiger partial charge in [0.1, 0.15) is 22.9 Å². The molecule has 7 nitrogen and oxygen atoms in total. The van der Waals surface area contributed by atoms with Crippen molar-refractivity contribution >= 4 is 29.5 Å². The minimum atomic E-state index is -1.18. The molecule has 1 fully saturated rings. The first kappa shape index (κ1) is 17.1. The molecule has 1 saturated heterocycles. The summed E-state index contributed by atoms with van der Waals surface area (Å²) >= 11 is 1.39. The fourth-order valence-corrected chi connectivity index (χ4v) is 4.02. The Labute approximate surface area is 148 Å². The molecule has 25 heavy (non-hydrogen) atoms. The maximum atomic E-state index is 12.3. The summed E-state index contributed by atoms with van der Waals surface area (Å²) in [6.07, 6.45) is 1.44. The molecule has 8 heteroatoms. The lowest BCUT2D eigenvalue weighted by Crippen LogP contribution is -2.70. The van der Waals surface area contributed by atoms with E-state index in [1.807, 2.05) is 6.07 Å². The molecular weight excluding hydrogens is 344 g/mol. The summed E-state index contributed by atoms with van der Waals surface area (Å²) in [6.45, 7) is 3.37. The number of thioether (sulfide) groups is 1. The summed E-state index contributed by atoms with van der Waals surface area (Å²) in [5.41, 5.74) is 0.439. The van der Waals surface area contributed by atoms with E-state index in [1.54, 1.807) is 24.3 Å². The summed E-state index contributed by atoms with van der Waals surface area (Å²) in [4.78, 5) is 37.0. The van der Waals surface area contributed by atoms with Crippen molar-refractivity contribution in [1.29, 1.82) is 0 Å². The van der Waals surface area contributed by atoms with Crippen LogP contribution in [0.4, 0.5) is 0 Å². The first-order chi connectivity index (χ1) is 12.0. The Morgan fingerprint density at radius 1 is 1.40 bits per heavy atom. The molecule has 0 aliphatic carbocycles. The monoisotopic (exact) mass is 360 g/mol. The van der Waals surface area contributed by atoms with Crippen molar-refractivity contribution in [1.82, 2.24) is 10.2 Å². The lowest BCUT2D eigenvalue weighted by molar-refractivity contribution is -0.150. The number of fused-ring (bicyclic) bond motifs is 1. The zero-order valence-corrected chi connectivity index (χ0v) is 14.0. The molecule has 3 rings (SSSR count). The van der Waals surface area contributed by atoms with Gasteiger partial charge in [-0.05, 0) is 17.7 Å². The highest BCUT2D eigenvalue weighted by Gasteiger charge is 2.53. The third-order valence-corrected chi connectivity index (χ3v) is 5.18. The van der Waals surface area contributed by atoms with Crippen molar-refractivity contribution in [2.75, 3.05) is 12.4 Å². The van der Waals surface area contributed by atoms with Crippen molar-refractivity contribution in [3.8, 4) is 5.75 Å². The number of rotatable bonds is 6. The standard InChI is InChI=1S/C17H16N2O5S/c1-2-10-9-25-16-13(15(21)19(16)14(10)17(22)23)18-12(20)8-24-11-6-4-3-5-7-11/h2-7,13,16H,1,8-9H2,(H,18,20)(H,22,23)/t13-,16+/m1/s1. The average molecular weight is 360 g/mol. The second-order valence-electron chi connectivity index (χ2n) is 5.44. The van der Waals surface area contributed by atoms with Crippen LogP contribution in [-0.2, 0) is 14.4 Å². The molecule has 2 aliphatic heterocycles. The molecule has 2 aliphatic rings. The topological polar surface area (TPSA) is 95.9 Å². The molecule has 0 spiro atoms. The van der Waals surface area contributed by atoms with Gasteiger partial charge < -0.3 is 15.2 Å². The molecule has 0 saturated carbocycles. The van der Waals surface area contributed by atoms with Crippen LogP contribution in [-0.4, -0.2) is 51.6 Å². The van der Waals surface area contributed by atoms with Gasteiger partial charge >= 0.3 is 5.97 Å². The number of allylic oxidation sites excluding steroid dienone is 1. The van der Waals surface area contributed by atoms with Gasteiger partial charge in [0.2, 0.25) is 0 Å².